The Labute approximate surface area is 125 Å². The van der Waals surface area contributed by atoms with E-state index in [2.05, 4.69) is 10.4 Å². The molecule has 0 saturated carbocycles. The lowest BCUT2D eigenvalue weighted by Crippen LogP contribution is -2.45. The molecule has 7 nitrogen and oxygen atoms in total. The highest BCUT2D eigenvalue weighted by Crippen LogP contribution is 2.18. The van der Waals surface area contributed by atoms with Crippen molar-refractivity contribution >= 4 is 18.3 Å². The number of methoxy groups -OCH3 is 1. The molecule has 0 fully saturated rings. The molecule has 0 aromatic carbocycles. The summed E-state index contributed by atoms with van der Waals surface area (Å²) >= 11 is 0. The van der Waals surface area contributed by atoms with Gasteiger partial charge < -0.3 is 20.5 Å². The molecule has 1 amide bonds. The number of carbonyl (C=O) groups is 1. The van der Waals surface area contributed by atoms with E-state index in [-0.39, 0.29) is 18.3 Å². The van der Waals surface area contributed by atoms with Gasteiger partial charge in [0.05, 0.1) is 19.0 Å². The number of rotatable bonds is 8. The van der Waals surface area contributed by atoms with Crippen LogP contribution in [0.15, 0.2) is 12.4 Å². The van der Waals surface area contributed by atoms with E-state index in [0.29, 0.717) is 32.1 Å². The van der Waals surface area contributed by atoms with Crippen LogP contribution < -0.4 is 15.8 Å². The number of amides is 1. The molecular formula is C12H23ClN4O3. The number of aromatic nitrogens is 2. The van der Waals surface area contributed by atoms with Gasteiger partial charge in [0.15, 0.2) is 5.75 Å². The molecule has 0 spiro atoms. The summed E-state index contributed by atoms with van der Waals surface area (Å²) in [7, 11) is 1.59. The van der Waals surface area contributed by atoms with E-state index in [9.17, 15) is 4.79 Å². The summed E-state index contributed by atoms with van der Waals surface area (Å²) in [4.78, 5) is 12.1. The summed E-state index contributed by atoms with van der Waals surface area (Å²) < 4.78 is 11.8. The Morgan fingerprint density at radius 1 is 1.50 bits per heavy atom. The minimum absolute atomic E-state index is 0. The zero-order valence-corrected chi connectivity index (χ0v) is 12.9. The maximum Gasteiger partial charge on any atom is 0.247 e. The monoisotopic (exact) mass is 306 g/mol. The third-order valence-corrected chi connectivity index (χ3v) is 2.67. The summed E-state index contributed by atoms with van der Waals surface area (Å²) in [5.41, 5.74) is 4.56. The SMILES string of the molecule is COCCNC(=O)C(C)(C)n1cc(OCCN)cn1.Cl. The van der Waals surface area contributed by atoms with Crippen LogP contribution >= 0.6 is 12.4 Å². The molecule has 0 unspecified atom stereocenters. The number of carbonyl (C=O) groups excluding carboxylic acids is 1. The summed E-state index contributed by atoms with van der Waals surface area (Å²) in [6.45, 7) is 5.38. The molecule has 1 heterocycles. The molecule has 0 aliphatic rings. The van der Waals surface area contributed by atoms with E-state index >= 15 is 0 Å². The molecule has 1 aromatic heterocycles. The van der Waals surface area contributed by atoms with Crippen LogP contribution in [0.25, 0.3) is 0 Å². The molecule has 0 radical (unpaired) electrons. The van der Waals surface area contributed by atoms with E-state index in [1.54, 1.807) is 38.0 Å². The molecule has 1 aromatic rings. The molecule has 0 bridgehead atoms. The minimum Gasteiger partial charge on any atom is -0.489 e. The maximum atomic E-state index is 12.1. The van der Waals surface area contributed by atoms with Gasteiger partial charge in [0.1, 0.15) is 12.1 Å². The van der Waals surface area contributed by atoms with Crippen LogP contribution in [0, 0.1) is 0 Å². The predicted octanol–water partition coefficient (Wildman–Crippen LogP) is 0.140. The second-order valence-electron chi connectivity index (χ2n) is 4.57. The van der Waals surface area contributed by atoms with Crippen LogP contribution in [0.2, 0.25) is 0 Å². The van der Waals surface area contributed by atoms with Crippen molar-refractivity contribution in [3.63, 3.8) is 0 Å². The van der Waals surface area contributed by atoms with Crippen LogP contribution in [0.5, 0.6) is 5.75 Å². The Bertz CT molecular complexity index is 409. The standard InChI is InChI=1S/C12H22N4O3.ClH/c1-12(2,11(17)14-5-7-18-3)16-9-10(8-15-16)19-6-4-13;/h8-9H,4-7,13H2,1-3H3,(H,14,17);1H. The summed E-state index contributed by atoms with van der Waals surface area (Å²) in [5.74, 6) is 0.473. The fourth-order valence-corrected chi connectivity index (χ4v) is 1.45. The van der Waals surface area contributed by atoms with Crippen molar-refractivity contribution in [2.75, 3.05) is 33.4 Å². The van der Waals surface area contributed by atoms with Crippen molar-refractivity contribution in [2.45, 2.75) is 19.4 Å². The molecule has 1 rings (SSSR count). The molecule has 0 atom stereocenters. The largest absolute Gasteiger partial charge is 0.489 e. The zero-order chi connectivity index (χ0) is 14.3. The summed E-state index contributed by atoms with van der Waals surface area (Å²) in [6, 6.07) is 0. The van der Waals surface area contributed by atoms with Gasteiger partial charge in [0.2, 0.25) is 5.91 Å². The van der Waals surface area contributed by atoms with Gasteiger partial charge in [0, 0.05) is 20.2 Å². The Morgan fingerprint density at radius 3 is 2.80 bits per heavy atom. The van der Waals surface area contributed by atoms with E-state index in [1.807, 2.05) is 0 Å². The highest BCUT2D eigenvalue weighted by atomic mass is 35.5. The van der Waals surface area contributed by atoms with Crippen molar-refractivity contribution in [1.82, 2.24) is 15.1 Å². The second kappa shape index (κ2) is 8.78. The molecule has 0 saturated heterocycles. The lowest BCUT2D eigenvalue weighted by molar-refractivity contribution is -0.129. The highest BCUT2D eigenvalue weighted by Gasteiger charge is 2.30. The Hall–Kier alpha value is -1.31. The normalized spacial score (nSPS) is 10.8. The third kappa shape index (κ3) is 4.99. The van der Waals surface area contributed by atoms with Gasteiger partial charge >= 0.3 is 0 Å². The predicted molar refractivity (Wildman–Crippen MR) is 78.2 cm³/mol. The van der Waals surface area contributed by atoms with Crippen LogP contribution in [-0.4, -0.2) is 49.1 Å². The van der Waals surface area contributed by atoms with Crippen molar-refractivity contribution in [3.05, 3.63) is 12.4 Å². The number of hydrogen-bond donors (Lipinski definition) is 2. The first-order chi connectivity index (χ1) is 9.02. The highest BCUT2D eigenvalue weighted by molar-refractivity contribution is 5.85. The lowest BCUT2D eigenvalue weighted by atomic mass is 10.1. The molecule has 0 aliphatic heterocycles. The third-order valence-electron chi connectivity index (χ3n) is 2.67. The van der Waals surface area contributed by atoms with E-state index < -0.39 is 5.54 Å². The molecule has 116 valence electrons. The summed E-state index contributed by atoms with van der Waals surface area (Å²) in [6.07, 6.45) is 3.26. The van der Waals surface area contributed by atoms with Crippen molar-refractivity contribution in [1.29, 1.82) is 0 Å². The Balaban J connectivity index is 0.00000361. The van der Waals surface area contributed by atoms with Crippen LogP contribution in [0.4, 0.5) is 0 Å². The van der Waals surface area contributed by atoms with Crippen LogP contribution in [0.1, 0.15) is 13.8 Å². The lowest BCUT2D eigenvalue weighted by Gasteiger charge is -2.24. The number of ether oxygens (including phenoxy) is 2. The summed E-state index contributed by atoms with van der Waals surface area (Å²) in [5, 5.41) is 6.94. The number of hydrogen-bond acceptors (Lipinski definition) is 5. The molecule has 0 aliphatic carbocycles. The van der Waals surface area contributed by atoms with Crippen LogP contribution in [-0.2, 0) is 15.1 Å². The van der Waals surface area contributed by atoms with Gasteiger partial charge in [-0.15, -0.1) is 12.4 Å². The Kier molecular flexibility index (Phi) is 8.21. The average molecular weight is 307 g/mol. The van der Waals surface area contributed by atoms with Gasteiger partial charge in [-0.3, -0.25) is 9.48 Å². The average Bonchev–Trinajstić information content (AvgIpc) is 2.85. The number of nitrogens with zero attached hydrogens (tertiary/aromatic N) is 2. The van der Waals surface area contributed by atoms with Crippen molar-refractivity contribution < 1.29 is 14.3 Å². The van der Waals surface area contributed by atoms with Gasteiger partial charge in [-0.05, 0) is 13.8 Å². The molecule has 3 N–H and O–H groups in total. The van der Waals surface area contributed by atoms with Gasteiger partial charge in [0.25, 0.3) is 0 Å². The van der Waals surface area contributed by atoms with Gasteiger partial charge in [-0.25, -0.2) is 0 Å². The fraction of sp³-hybridized carbons (Fsp3) is 0.667. The van der Waals surface area contributed by atoms with Crippen molar-refractivity contribution in [3.8, 4) is 5.75 Å². The number of nitrogens with two attached hydrogens (primary N) is 1. The van der Waals surface area contributed by atoms with Crippen LogP contribution in [0.3, 0.4) is 0 Å². The maximum absolute atomic E-state index is 12.1. The molecule has 20 heavy (non-hydrogen) atoms. The number of halogens is 1. The zero-order valence-electron chi connectivity index (χ0n) is 12.1. The van der Waals surface area contributed by atoms with Crippen molar-refractivity contribution in [2.24, 2.45) is 5.73 Å². The Morgan fingerprint density at radius 2 is 2.20 bits per heavy atom. The first-order valence-electron chi connectivity index (χ1n) is 6.17. The number of nitrogens with one attached hydrogen (secondary N) is 1. The topological polar surface area (TPSA) is 91.4 Å². The molecule has 8 heteroatoms. The fourth-order valence-electron chi connectivity index (χ4n) is 1.45. The van der Waals surface area contributed by atoms with Gasteiger partial charge in [-0.2, -0.15) is 5.10 Å². The quantitative estimate of drug-likeness (QED) is 0.667. The smallest absolute Gasteiger partial charge is 0.247 e. The molecular weight excluding hydrogens is 284 g/mol. The van der Waals surface area contributed by atoms with E-state index in [1.165, 1.54) is 0 Å². The first kappa shape index (κ1) is 18.7. The van der Waals surface area contributed by atoms with E-state index in [4.69, 9.17) is 15.2 Å². The second-order valence-corrected chi connectivity index (χ2v) is 4.57. The minimum atomic E-state index is -0.794. The van der Waals surface area contributed by atoms with E-state index in [0.717, 1.165) is 0 Å². The first-order valence-corrected chi connectivity index (χ1v) is 6.17. The van der Waals surface area contributed by atoms with Gasteiger partial charge in [-0.1, -0.05) is 0 Å².